The predicted molar refractivity (Wildman–Crippen MR) is 67.8 cm³/mol. The second-order valence-corrected chi connectivity index (χ2v) is 4.53. The summed E-state index contributed by atoms with van der Waals surface area (Å²) in [5.41, 5.74) is 0.569. The Hall–Kier alpha value is -1.33. The number of hydrogen-bond acceptors (Lipinski definition) is 4. The topological polar surface area (TPSA) is 58.4 Å². The van der Waals surface area contributed by atoms with E-state index in [1.54, 1.807) is 12.1 Å². The zero-order chi connectivity index (χ0) is 12.4. The molecule has 17 heavy (non-hydrogen) atoms. The van der Waals surface area contributed by atoms with Crippen LogP contribution in [0.4, 0.5) is 11.4 Å². The van der Waals surface area contributed by atoms with Gasteiger partial charge in [-0.2, -0.15) is 0 Å². The molecule has 1 saturated heterocycles. The molecular formula is C11H14ClN3O2. The number of benzene rings is 1. The summed E-state index contributed by atoms with van der Waals surface area (Å²) >= 11 is 6.08. The second kappa shape index (κ2) is 4.89. The molecule has 1 heterocycles. The molecule has 0 bridgehead atoms. The van der Waals surface area contributed by atoms with Gasteiger partial charge in [0.25, 0.3) is 5.69 Å². The molecule has 0 amide bonds. The molecule has 1 unspecified atom stereocenters. The maximum atomic E-state index is 11.0. The summed E-state index contributed by atoms with van der Waals surface area (Å²) in [7, 11) is 1.85. The van der Waals surface area contributed by atoms with Crippen molar-refractivity contribution < 1.29 is 4.92 Å². The maximum Gasteiger partial charge on any atom is 0.294 e. The van der Waals surface area contributed by atoms with Crippen molar-refractivity contribution in [3.05, 3.63) is 33.3 Å². The van der Waals surface area contributed by atoms with Gasteiger partial charge in [-0.15, -0.1) is 0 Å². The van der Waals surface area contributed by atoms with E-state index in [9.17, 15) is 10.1 Å². The third kappa shape index (κ3) is 2.35. The minimum Gasteiger partial charge on any atom is -0.364 e. The highest BCUT2D eigenvalue weighted by Crippen LogP contribution is 2.36. The average molecular weight is 256 g/mol. The highest BCUT2D eigenvalue weighted by atomic mass is 35.5. The van der Waals surface area contributed by atoms with Crippen molar-refractivity contribution in [2.45, 2.75) is 12.5 Å². The van der Waals surface area contributed by atoms with Crippen LogP contribution in [0.2, 0.25) is 5.02 Å². The molecular weight excluding hydrogens is 242 g/mol. The minimum atomic E-state index is -0.389. The van der Waals surface area contributed by atoms with E-state index in [0.717, 1.165) is 19.5 Å². The molecule has 1 aromatic rings. The zero-order valence-electron chi connectivity index (χ0n) is 9.52. The summed E-state index contributed by atoms with van der Waals surface area (Å²) in [6.45, 7) is 1.77. The molecule has 5 nitrogen and oxygen atoms in total. The predicted octanol–water partition coefficient (Wildman–Crippen LogP) is 2.05. The molecule has 1 aromatic carbocycles. The van der Waals surface area contributed by atoms with E-state index in [0.29, 0.717) is 10.7 Å². The van der Waals surface area contributed by atoms with Crippen LogP contribution >= 0.6 is 11.6 Å². The van der Waals surface area contributed by atoms with Crippen LogP contribution < -0.4 is 10.2 Å². The molecule has 1 aliphatic heterocycles. The summed E-state index contributed by atoms with van der Waals surface area (Å²) in [6, 6.07) is 5.03. The molecule has 6 heteroatoms. The summed E-state index contributed by atoms with van der Waals surface area (Å²) in [4.78, 5) is 12.5. The van der Waals surface area contributed by atoms with Crippen molar-refractivity contribution in [1.29, 1.82) is 0 Å². The largest absolute Gasteiger partial charge is 0.364 e. The number of nitro groups is 1. The molecule has 0 saturated carbocycles. The summed E-state index contributed by atoms with van der Waals surface area (Å²) < 4.78 is 0. The molecule has 1 fully saturated rings. The van der Waals surface area contributed by atoms with Crippen LogP contribution in [-0.2, 0) is 0 Å². The fourth-order valence-corrected chi connectivity index (χ4v) is 2.46. The van der Waals surface area contributed by atoms with Crippen LogP contribution in [0.5, 0.6) is 0 Å². The van der Waals surface area contributed by atoms with Crippen LogP contribution in [0, 0.1) is 10.1 Å². The third-order valence-electron chi connectivity index (χ3n) is 3.10. The molecule has 2 rings (SSSR count). The average Bonchev–Trinajstić information content (AvgIpc) is 2.81. The number of halogens is 1. The number of para-hydroxylation sites is 1. The number of rotatable bonds is 3. The molecule has 0 radical (unpaired) electrons. The first-order chi connectivity index (χ1) is 8.11. The maximum absolute atomic E-state index is 11.0. The van der Waals surface area contributed by atoms with Gasteiger partial charge in [0.15, 0.2) is 0 Å². The molecule has 1 aliphatic rings. The SMILES string of the molecule is CN(c1c(Cl)cccc1[N+](=O)[O-])C1CCNC1. The number of nitro benzene ring substituents is 1. The van der Waals surface area contributed by atoms with Gasteiger partial charge >= 0.3 is 0 Å². The molecule has 0 aliphatic carbocycles. The second-order valence-electron chi connectivity index (χ2n) is 4.12. The normalized spacial score (nSPS) is 19.3. The van der Waals surface area contributed by atoms with E-state index in [-0.39, 0.29) is 16.7 Å². The summed E-state index contributed by atoms with van der Waals surface area (Å²) in [6.07, 6.45) is 0.971. The first-order valence-electron chi connectivity index (χ1n) is 5.47. The highest BCUT2D eigenvalue weighted by Gasteiger charge is 2.27. The van der Waals surface area contributed by atoms with Gasteiger partial charge in [-0.25, -0.2) is 0 Å². The summed E-state index contributed by atoms with van der Waals surface area (Å²) in [5, 5.41) is 14.7. The van der Waals surface area contributed by atoms with E-state index in [4.69, 9.17) is 11.6 Å². The van der Waals surface area contributed by atoms with Crippen LogP contribution in [0.15, 0.2) is 18.2 Å². The van der Waals surface area contributed by atoms with E-state index >= 15 is 0 Å². The Labute approximate surface area is 105 Å². The zero-order valence-corrected chi connectivity index (χ0v) is 10.3. The van der Waals surface area contributed by atoms with E-state index in [1.807, 2.05) is 11.9 Å². The number of anilines is 1. The quantitative estimate of drug-likeness (QED) is 0.663. The van der Waals surface area contributed by atoms with Gasteiger partial charge in [0.2, 0.25) is 0 Å². The first-order valence-corrected chi connectivity index (χ1v) is 5.85. The van der Waals surface area contributed by atoms with Gasteiger partial charge in [0.05, 0.1) is 9.95 Å². The highest BCUT2D eigenvalue weighted by molar-refractivity contribution is 6.33. The van der Waals surface area contributed by atoms with Gasteiger partial charge in [0.1, 0.15) is 5.69 Å². The van der Waals surface area contributed by atoms with Crippen molar-refractivity contribution >= 4 is 23.0 Å². The van der Waals surface area contributed by atoms with E-state index in [2.05, 4.69) is 5.32 Å². The van der Waals surface area contributed by atoms with Gasteiger partial charge in [0, 0.05) is 25.7 Å². The Morgan fingerprint density at radius 1 is 1.59 bits per heavy atom. The van der Waals surface area contributed by atoms with Crippen LogP contribution in [0.3, 0.4) is 0 Å². The van der Waals surface area contributed by atoms with Crippen molar-refractivity contribution in [3.8, 4) is 0 Å². The molecule has 1 atom stereocenters. The Kier molecular flexibility index (Phi) is 3.49. The van der Waals surface area contributed by atoms with Crippen LogP contribution in [-0.4, -0.2) is 31.1 Å². The Bertz CT molecular complexity index is 433. The standard InChI is InChI=1S/C11H14ClN3O2/c1-14(8-5-6-13-7-8)11-9(12)3-2-4-10(11)15(16)17/h2-4,8,13H,5-7H2,1H3. The lowest BCUT2D eigenvalue weighted by Crippen LogP contribution is -2.33. The van der Waals surface area contributed by atoms with E-state index in [1.165, 1.54) is 6.07 Å². The number of likely N-dealkylation sites (N-methyl/N-ethyl adjacent to an activating group) is 1. The minimum absolute atomic E-state index is 0.0619. The van der Waals surface area contributed by atoms with Gasteiger partial charge in [-0.05, 0) is 19.0 Å². The lowest BCUT2D eigenvalue weighted by molar-refractivity contribution is -0.384. The summed E-state index contributed by atoms with van der Waals surface area (Å²) in [5.74, 6) is 0. The third-order valence-corrected chi connectivity index (χ3v) is 3.40. The number of nitrogens with one attached hydrogen (secondary N) is 1. The van der Waals surface area contributed by atoms with Crippen LogP contribution in [0.1, 0.15) is 6.42 Å². The van der Waals surface area contributed by atoms with Gasteiger partial charge in [-0.1, -0.05) is 17.7 Å². The number of hydrogen-bond donors (Lipinski definition) is 1. The van der Waals surface area contributed by atoms with Gasteiger partial charge in [-0.3, -0.25) is 10.1 Å². The molecule has 0 spiro atoms. The molecule has 1 N–H and O–H groups in total. The van der Waals surface area contributed by atoms with Crippen molar-refractivity contribution in [1.82, 2.24) is 5.32 Å². The molecule has 92 valence electrons. The van der Waals surface area contributed by atoms with Crippen LogP contribution in [0.25, 0.3) is 0 Å². The first kappa shape index (κ1) is 12.1. The Morgan fingerprint density at radius 3 is 2.94 bits per heavy atom. The van der Waals surface area contributed by atoms with Crippen molar-refractivity contribution in [2.75, 3.05) is 25.0 Å². The van der Waals surface area contributed by atoms with Crippen molar-refractivity contribution in [3.63, 3.8) is 0 Å². The lowest BCUT2D eigenvalue weighted by Gasteiger charge is -2.26. The lowest BCUT2D eigenvalue weighted by atomic mass is 10.2. The fraction of sp³-hybridized carbons (Fsp3) is 0.455. The van der Waals surface area contributed by atoms with Gasteiger partial charge < -0.3 is 10.2 Å². The smallest absolute Gasteiger partial charge is 0.294 e. The van der Waals surface area contributed by atoms with E-state index < -0.39 is 0 Å². The number of nitrogens with zero attached hydrogens (tertiary/aromatic N) is 2. The molecule has 0 aromatic heterocycles. The Balaban J connectivity index is 2.38. The monoisotopic (exact) mass is 255 g/mol. The Morgan fingerprint density at radius 2 is 2.35 bits per heavy atom. The van der Waals surface area contributed by atoms with Crippen molar-refractivity contribution in [2.24, 2.45) is 0 Å². The fourth-order valence-electron chi connectivity index (χ4n) is 2.15.